The highest BCUT2D eigenvalue weighted by Gasteiger charge is 2.33. The summed E-state index contributed by atoms with van der Waals surface area (Å²) in [6.45, 7) is 0. The first-order valence-electron chi connectivity index (χ1n) is 7.24. The minimum Gasteiger partial charge on any atom is -0.281 e. The van der Waals surface area contributed by atoms with E-state index in [4.69, 9.17) is 23.2 Å². The second-order valence-electron chi connectivity index (χ2n) is 5.61. The Morgan fingerprint density at radius 1 is 0.950 bits per heavy atom. The third-order valence-electron chi connectivity index (χ3n) is 3.90. The average Bonchev–Trinajstić information content (AvgIpc) is 3.01. The van der Waals surface area contributed by atoms with Crippen LogP contribution in [0.2, 0.25) is 0 Å². The van der Waals surface area contributed by atoms with E-state index in [1.54, 1.807) is 0 Å². The lowest BCUT2D eigenvalue weighted by molar-refractivity contribution is -0.117. The van der Waals surface area contributed by atoms with Crippen molar-refractivity contribution in [3.63, 3.8) is 0 Å². The number of halogens is 2. The smallest absolute Gasteiger partial charge is 0.281 e. The average molecular weight is 342 g/mol. The number of carbonyl (C=O) groups excluding carboxylic acids is 1. The summed E-state index contributed by atoms with van der Waals surface area (Å²) in [6, 6.07) is 0.360. The Labute approximate surface area is 130 Å². The van der Waals surface area contributed by atoms with Crippen LogP contribution in [-0.4, -0.2) is 22.8 Å². The molecule has 5 nitrogen and oxygen atoms in total. The molecule has 0 unspecified atom stereocenters. The lowest BCUT2D eigenvalue weighted by Crippen LogP contribution is -2.43. The number of nitrogens with one attached hydrogen (secondary N) is 3. The molecular formula is C12H22Cl2N3O2P. The summed E-state index contributed by atoms with van der Waals surface area (Å²) in [5, 5.41) is 8.68. The Kier molecular flexibility index (Phi) is 6.18. The quantitative estimate of drug-likeness (QED) is 0.513. The molecule has 0 atom stereocenters. The molecule has 116 valence electrons. The van der Waals surface area contributed by atoms with E-state index >= 15 is 0 Å². The molecule has 2 aliphatic carbocycles. The van der Waals surface area contributed by atoms with Gasteiger partial charge in [-0.15, -0.1) is 0 Å². The van der Waals surface area contributed by atoms with Crippen LogP contribution in [0.5, 0.6) is 0 Å². The first kappa shape index (κ1) is 16.6. The second kappa shape index (κ2) is 7.46. The van der Waals surface area contributed by atoms with Gasteiger partial charge in [-0.2, -0.15) is 0 Å². The summed E-state index contributed by atoms with van der Waals surface area (Å²) in [5.41, 5.74) is 0. The molecule has 3 N–H and O–H groups in total. The predicted octanol–water partition coefficient (Wildman–Crippen LogP) is 3.08. The summed E-state index contributed by atoms with van der Waals surface area (Å²) in [4.78, 5) is 10.5. The predicted molar refractivity (Wildman–Crippen MR) is 82.0 cm³/mol. The number of hydrogen-bond donors (Lipinski definition) is 3. The van der Waals surface area contributed by atoms with Crippen LogP contribution >= 0.6 is 30.8 Å². The Hall–Kier alpha value is 0.200. The van der Waals surface area contributed by atoms with Gasteiger partial charge in [-0.3, -0.25) is 14.4 Å². The van der Waals surface area contributed by atoms with E-state index in [0.29, 0.717) is 0 Å². The zero-order chi connectivity index (χ0) is 14.6. The molecule has 0 saturated heterocycles. The molecule has 1 amide bonds. The van der Waals surface area contributed by atoms with Gasteiger partial charge in [0.15, 0.2) is 4.84 Å². The van der Waals surface area contributed by atoms with Crippen molar-refractivity contribution >= 4 is 36.7 Å². The Morgan fingerprint density at radius 3 is 1.70 bits per heavy atom. The van der Waals surface area contributed by atoms with Crippen LogP contribution in [0.1, 0.15) is 51.4 Å². The molecule has 2 aliphatic rings. The van der Waals surface area contributed by atoms with E-state index in [9.17, 15) is 9.36 Å². The van der Waals surface area contributed by atoms with Gasteiger partial charge >= 0.3 is 7.59 Å². The number of rotatable bonds is 6. The van der Waals surface area contributed by atoms with Crippen molar-refractivity contribution in [2.45, 2.75) is 68.3 Å². The molecule has 2 fully saturated rings. The summed E-state index contributed by atoms with van der Waals surface area (Å²) in [5.74, 6) is -0.618. The number of amides is 1. The van der Waals surface area contributed by atoms with Gasteiger partial charge in [0.1, 0.15) is 0 Å². The molecule has 0 radical (unpaired) electrons. The second-order valence-corrected chi connectivity index (χ2v) is 8.66. The zero-order valence-corrected chi connectivity index (χ0v) is 13.8. The number of alkyl halides is 2. The van der Waals surface area contributed by atoms with Gasteiger partial charge in [-0.05, 0) is 25.7 Å². The molecular weight excluding hydrogens is 320 g/mol. The Bertz CT molecular complexity index is 361. The fourth-order valence-corrected chi connectivity index (χ4v) is 5.38. The van der Waals surface area contributed by atoms with Crippen molar-refractivity contribution in [3.05, 3.63) is 0 Å². The molecule has 2 saturated carbocycles. The number of hydrogen-bond acceptors (Lipinski definition) is 2. The summed E-state index contributed by atoms with van der Waals surface area (Å²) in [7, 11) is -3.20. The molecule has 20 heavy (non-hydrogen) atoms. The summed E-state index contributed by atoms with van der Waals surface area (Å²) in [6.07, 6.45) is 8.44. The van der Waals surface area contributed by atoms with Crippen LogP contribution in [-0.2, 0) is 9.36 Å². The third-order valence-corrected chi connectivity index (χ3v) is 6.29. The lowest BCUT2D eigenvalue weighted by Gasteiger charge is -2.27. The molecule has 0 bridgehead atoms. The molecule has 0 aromatic rings. The maximum absolute atomic E-state index is 13.0. The molecule has 0 aromatic carbocycles. The van der Waals surface area contributed by atoms with Crippen LogP contribution in [0, 0.1) is 0 Å². The van der Waals surface area contributed by atoms with Gasteiger partial charge in [-0.25, -0.2) is 10.2 Å². The van der Waals surface area contributed by atoms with Crippen molar-refractivity contribution in [2.75, 3.05) is 0 Å². The third kappa shape index (κ3) is 4.88. The minimum atomic E-state index is -3.20. The van der Waals surface area contributed by atoms with Crippen LogP contribution in [0.3, 0.4) is 0 Å². The van der Waals surface area contributed by atoms with Gasteiger partial charge in [0.2, 0.25) is 0 Å². The Balaban J connectivity index is 2.00. The molecule has 0 spiro atoms. The first-order chi connectivity index (χ1) is 9.48. The molecule has 0 aromatic heterocycles. The molecule has 0 heterocycles. The van der Waals surface area contributed by atoms with E-state index in [2.05, 4.69) is 15.3 Å². The zero-order valence-electron chi connectivity index (χ0n) is 11.4. The van der Waals surface area contributed by atoms with Crippen LogP contribution < -0.4 is 15.3 Å². The van der Waals surface area contributed by atoms with E-state index in [-0.39, 0.29) is 12.1 Å². The lowest BCUT2D eigenvalue weighted by atomic mass is 10.3. The van der Waals surface area contributed by atoms with Crippen LogP contribution in [0.4, 0.5) is 0 Å². The monoisotopic (exact) mass is 341 g/mol. The van der Waals surface area contributed by atoms with Crippen LogP contribution in [0.25, 0.3) is 0 Å². The van der Waals surface area contributed by atoms with Gasteiger partial charge in [0.05, 0.1) is 0 Å². The highest BCUT2D eigenvalue weighted by Crippen LogP contribution is 2.38. The highest BCUT2D eigenvalue weighted by atomic mass is 35.5. The normalized spacial score (nSPS) is 21.8. The van der Waals surface area contributed by atoms with Crippen molar-refractivity contribution in [3.8, 4) is 0 Å². The van der Waals surface area contributed by atoms with Gasteiger partial charge in [-0.1, -0.05) is 48.9 Å². The largest absolute Gasteiger partial charge is 0.306 e. The topological polar surface area (TPSA) is 70.2 Å². The number of carbonyl (C=O) groups is 1. The van der Waals surface area contributed by atoms with E-state index in [1.165, 1.54) is 0 Å². The fourth-order valence-electron chi connectivity index (χ4n) is 2.93. The van der Waals surface area contributed by atoms with E-state index < -0.39 is 18.3 Å². The standard InChI is InChI=1S/C12H22Cl2N3O2P/c13-11(14)12(18)17-20(19,15-9-5-1-2-6-9)16-10-7-3-4-8-10/h9-11H,1-8H2,(H3,15,16,17,18,19). The molecule has 2 rings (SSSR count). The maximum Gasteiger partial charge on any atom is 0.306 e. The highest BCUT2D eigenvalue weighted by molar-refractivity contribution is 7.58. The summed E-state index contributed by atoms with van der Waals surface area (Å²) >= 11 is 11.1. The first-order valence-corrected chi connectivity index (χ1v) is 9.82. The molecule has 8 heteroatoms. The van der Waals surface area contributed by atoms with Gasteiger partial charge in [0, 0.05) is 12.1 Å². The van der Waals surface area contributed by atoms with Gasteiger partial charge < -0.3 is 0 Å². The maximum atomic E-state index is 13.0. The Morgan fingerprint density at radius 2 is 1.35 bits per heavy atom. The van der Waals surface area contributed by atoms with Crippen LogP contribution in [0.15, 0.2) is 0 Å². The SMILES string of the molecule is O=C(NP(=O)(NC1CCCC1)NC1CCCC1)C(Cl)Cl. The van der Waals surface area contributed by atoms with Gasteiger partial charge in [0.25, 0.3) is 5.91 Å². The van der Waals surface area contributed by atoms with Crippen molar-refractivity contribution in [2.24, 2.45) is 0 Å². The van der Waals surface area contributed by atoms with E-state index in [0.717, 1.165) is 51.4 Å². The minimum absolute atomic E-state index is 0.180. The van der Waals surface area contributed by atoms with E-state index in [1.807, 2.05) is 0 Å². The fraction of sp³-hybridized carbons (Fsp3) is 0.917. The molecule has 0 aliphatic heterocycles. The summed E-state index contributed by atoms with van der Waals surface area (Å²) < 4.78 is 13.0. The van der Waals surface area contributed by atoms with Crippen molar-refractivity contribution in [1.82, 2.24) is 15.3 Å². The van der Waals surface area contributed by atoms with Crippen molar-refractivity contribution < 1.29 is 9.36 Å². The van der Waals surface area contributed by atoms with Crippen molar-refractivity contribution in [1.29, 1.82) is 0 Å².